The summed E-state index contributed by atoms with van der Waals surface area (Å²) in [6.07, 6.45) is -2.37. The Bertz CT molecular complexity index is 400. The molecule has 1 rings (SSSR count). The van der Waals surface area contributed by atoms with Gasteiger partial charge < -0.3 is 10.1 Å². The van der Waals surface area contributed by atoms with Gasteiger partial charge >= 0.3 is 5.97 Å². The quantitative estimate of drug-likeness (QED) is 0.767. The lowest BCUT2D eigenvalue weighted by molar-refractivity contribution is -0.136. The lowest BCUT2D eigenvalue weighted by Gasteiger charge is -2.04. The minimum Gasteiger partial charge on any atom is -0.481 e. The maximum absolute atomic E-state index is 12.3. The molecule has 1 aromatic heterocycles. The molecule has 76 valence electrons. The van der Waals surface area contributed by atoms with Crippen LogP contribution in [0.15, 0.2) is 17.1 Å². The molecule has 0 saturated heterocycles. The molecule has 1 heterocycles. The van der Waals surface area contributed by atoms with Crippen molar-refractivity contribution in [3.63, 3.8) is 0 Å². The molecule has 0 radical (unpaired) electrons. The second-order valence-corrected chi connectivity index (χ2v) is 2.65. The van der Waals surface area contributed by atoms with Crippen molar-refractivity contribution in [3.05, 3.63) is 33.7 Å². The summed E-state index contributed by atoms with van der Waals surface area (Å²) in [5.41, 5.74) is -1.28. The Morgan fingerprint density at radius 2 is 2.21 bits per heavy atom. The zero-order chi connectivity index (χ0) is 10.7. The van der Waals surface area contributed by atoms with Crippen LogP contribution in [0.3, 0.4) is 0 Å². The number of aromatic amines is 1. The lowest BCUT2D eigenvalue weighted by atomic mass is 10.1. The number of rotatable bonds is 3. The molecule has 14 heavy (non-hydrogen) atoms. The molecule has 0 bridgehead atoms. The predicted octanol–water partition coefficient (Wildman–Crippen LogP) is 0.940. The molecule has 1 aromatic rings. The molecule has 2 N–H and O–H groups in total. The Morgan fingerprint density at radius 1 is 1.57 bits per heavy atom. The highest BCUT2D eigenvalue weighted by Gasteiger charge is 2.15. The topological polar surface area (TPSA) is 70.2 Å². The van der Waals surface area contributed by atoms with E-state index in [0.29, 0.717) is 6.07 Å². The second-order valence-electron chi connectivity index (χ2n) is 2.65. The van der Waals surface area contributed by atoms with Crippen LogP contribution < -0.4 is 5.56 Å². The number of carboxylic acid groups (broad SMARTS) is 1. The highest BCUT2D eigenvalue weighted by atomic mass is 19.3. The SMILES string of the molecule is O=C(O)Cc1c[nH]c(=O)cc1C(F)F. The average Bonchev–Trinajstić information content (AvgIpc) is 2.07. The molecule has 0 fully saturated rings. The van der Waals surface area contributed by atoms with E-state index >= 15 is 0 Å². The van der Waals surface area contributed by atoms with Crippen LogP contribution in [0, 0.1) is 0 Å². The molecular formula is C8H7F2NO3. The van der Waals surface area contributed by atoms with Crippen LogP contribution in [-0.2, 0) is 11.2 Å². The first-order valence-corrected chi connectivity index (χ1v) is 3.72. The van der Waals surface area contributed by atoms with Crippen LogP contribution >= 0.6 is 0 Å². The minimum atomic E-state index is -2.84. The summed E-state index contributed by atoms with van der Waals surface area (Å²) in [4.78, 5) is 23.1. The summed E-state index contributed by atoms with van der Waals surface area (Å²) >= 11 is 0. The third-order valence-electron chi connectivity index (χ3n) is 1.62. The Morgan fingerprint density at radius 3 is 2.71 bits per heavy atom. The van der Waals surface area contributed by atoms with Crippen LogP contribution in [-0.4, -0.2) is 16.1 Å². The molecular weight excluding hydrogens is 196 g/mol. The number of alkyl halides is 2. The van der Waals surface area contributed by atoms with Gasteiger partial charge in [-0.2, -0.15) is 0 Å². The van der Waals surface area contributed by atoms with E-state index in [0.717, 1.165) is 6.20 Å². The average molecular weight is 203 g/mol. The van der Waals surface area contributed by atoms with E-state index in [1.165, 1.54) is 0 Å². The fourth-order valence-electron chi connectivity index (χ4n) is 1.04. The van der Waals surface area contributed by atoms with Crippen molar-refractivity contribution in [3.8, 4) is 0 Å². The Balaban J connectivity index is 3.14. The maximum Gasteiger partial charge on any atom is 0.307 e. The molecule has 0 saturated carbocycles. The van der Waals surface area contributed by atoms with Crippen molar-refractivity contribution in [2.24, 2.45) is 0 Å². The molecule has 0 aliphatic carbocycles. The van der Waals surface area contributed by atoms with E-state index in [1.54, 1.807) is 0 Å². The first kappa shape index (κ1) is 10.4. The number of hydrogen-bond donors (Lipinski definition) is 2. The largest absolute Gasteiger partial charge is 0.481 e. The summed E-state index contributed by atoms with van der Waals surface area (Å²) in [6, 6.07) is 0.711. The van der Waals surface area contributed by atoms with Gasteiger partial charge in [0.2, 0.25) is 5.56 Å². The number of halogens is 2. The van der Waals surface area contributed by atoms with Crippen molar-refractivity contribution in [2.75, 3.05) is 0 Å². The number of pyridine rings is 1. The summed E-state index contributed by atoms with van der Waals surface area (Å²) in [6.45, 7) is 0. The molecule has 0 aromatic carbocycles. The van der Waals surface area contributed by atoms with Crippen LogP contribution in [0.5, 0.6) is 0 Å². The molecule has 0 unspecified atom stereocenters. The minimum absolute atomic E-state index is 0.0768. The van der Waals surface area contributed by atoms with Gasteiger partial charge in [-0.3, -0.25) is 9.59 Å². The third kappa shape index (κ3) is 2.38. The van der Waals surface area contributed by atoms with E-state index in [1.807, 2.05) is 0 Å². The van der Waals surface area contributed by atoms with E-state index in [9.17, 15) is 18.4 Å². The normalized spacial score (nSPS) is 10.5. The van der Waals surface area contributed by atoms with Gasteiger partial charge in [-0.15, -0.1) is 0 Å². The molecule has 0 aliphatic heterocycles. The summed E-state index contributed by atoms with van der Waals surface area (Å²) < 4.78 is 24.6. The number of carbonyl (C=O) groups is 1. The zero-order valence-electron chi connectivity index (χ0n) is 6.96. The second kappa shape index (κ2) is 3.99. The number of carboxylic acids is 1. The van der Waals surface area contributed by atoms with Gasteiger partial charge in [-0.1, -0.05) is 0 Å². The van der Waals surface area contributed by atoms with Gasteiger partial charge in [-0.25, -0.2) is 8.78 Å². The van der Waals surface area contributed by atoms with Crippen LogP contribution in [0.1, 0.15) is 17.6 Å². The number of aliphatic carboxylic acids is 1. The first-order valence-electron chi connectivity index (χ1n) is 3.72. The van der Waals surface area contributed by atoms with Gasteiger partial charge in [0.05, 0.1) is 6.42 Å². The van der Waals surface area contributed by atoms with Gasteiger partial charge in [-0.05, 0) is 5.56 Å². The third-order valence-corrected chi connectivity index (χ3v) is 1.62. The first-order chi connectivity index (χ1) is 6.50. The number of aromatic nitrogens is 1. The smallest absolute Gasteiger partial charge is 0.307 e. The summed E-state index contributed by atoms with van der Waals surface area (Å²) in [5.74, 6) is -1.22. The van der Waals surface area contributed by atoms with Gasteiger partial charge in [0, 0.05) is 17.8 Å². The summed E-state index contributed by atoms with van der Waals surface area (Å²) in [7, 11) is 0. The number of hydrogen-bond acceptors (Lipinski definition) is 2. The van der Waals surface area contributed by atoms with E-state index in [-0.39, 0.29) is 5.56 Å². The highest BCUT2D eigenvalue weighted by Crippen LogP contribution is 2.20. The van der Waals surface area contributed by atoms with E-state index in [4.69, 9.17) is 5.11 Å². The Kier molecular flexibility index (Phi) is 2.95. The number of nitrogens with one attached hydrogen (secondary N) is 1. The van der Waals surface area contributed by atoms with Crippen molar-refractivity contribution in [1.29, 1.82) is 0 Å². The zero-order valence-corrected chi connectivity index (χ0v) is 6.96. The standard InChI is InChI=1S/C8H7F2NO3/c9-8(10)5-2-6(12)11-3-4(5)1-7(13)14/h2-3,8H,1H2,(H,11,12)(H,13,14). The van der Waals surface area contributed by atoms with E-state index in [2.05, 4.69) is 4.98 Å². The van der Waals surface area contributed by atoms with Gasteiger partial charge in [0.25, 0.3) is 6.43 Å². The fourth-order valence-corrected chi connectivity index (χ4v) is 1.04. The monoisotopic (exact) mass is 203 g/mol. The molecule has 0 atom stereocenters. The van der Waals surface area contributed by atoms with Crippen LogP contribution in [0.4, 0.5) is 8.78 Å². The summed E-state index contributed by atoms with van der Waals surface area (Å²) in [5, 5.41) is 8.41. The Labute approximate surface area is 77.2 Å². The van der Waals surface area contributed by atoms with Crippen molar-refractivity contribution in [2.45, 2.75) is 12.8 Å². The maximum atomic E-state index is 12.3. The Hall–Kier alpha value is -1.72. The van der Waals surface area contributed by atoms with Crippen molar-refractivity contribution in [1.82, 2.24) is 4.98 Å². The molecule has 0 amide bonds. The van der Waals surface area contributed by atoms with Crippen molar-refractivity contribution < 1.29 is 18.7 Å². The predicted molar refractivity (Wildman–Crippen MR) is 43.4 cm³/mol. The molecule has 6 heteroatoms. The number of H-pyrrole nitrogens is 1. The fraction of sp³-hybridized carbons (Fsp3) is 0.250. The molecule has 0 spiro atoms. The van der Waals surface area contributed by atoms with Crippen molar-refractivity contribution >= 4 is 5.97 Å². The van der Waals surface area contributed by atoms with Gasteiger partial charge in [0.15, 0.2) is 0 Å². The molecule has 4 nitrogen and oxygen atoms in total. The van der Waals surface area contributed by atoms with E-state index < -0.39 is 29.9 Å². The lowest BCUT2D eigenvalue weighted by Crippen LogP contribution is -2.11. The highest BCUT2D eigenvalue weighted by molar-refractivity contribution is 5.70. The van der Waals surface area contributed by atoms with Crippen LogP contribution in [0.25, 0.3) is 0 Å². The van der Waals surface area contributed by atoms with Gasteiger partial charge in [0.1, 0.15) is 0 Å². The van der Waals surface area contributed by atoms with Crippen LogP contribution in [0.2, 0.25) is 0 Å². The molecule has 0 aliphatic rings.